The molecule has 4 aromatic rings. The van der Waals surface area contributed by atoms with E-state index in [1.165, 1.54) is 6.07 Å². The van der Waals surface area contributed by atoms with E-state index >= 15 is 0 Å². The van der Waals surface area contributed by atoms with Crippen LogP contribution in [0, 0.1) is 0 Å². The van der Waals surface area contributed by atoms with E-state index in [2.05, 4.69) is 14.6 Å². The van der Waals surface area contributed by atoms with Crippen LogP contribution in [0.15, 0.2) is 36.7 Å². The Kier molecular flexibility index (Phi) is 5.78. The molecule has 5 heterocycles. The maximum absolute atomic E-state index is 14.3. The van der Waals surface area contributed by atoms with Crippen LogP contribution in [0.3, 0.4) is 0 Å². The molecule has 0 N–H and O–H groups in total. The summed E-state index contributed by atoms with van der Waals surface area (Å²) in [6.45, 7) is 3.60. The highest BCUT2D eigenvalue weighted by Crippen LogP contribution is 2.41. The monoisotopic (exact) mass is 506 g/mol. The van der Waals surface area contributed by atoms with E-state index < -0.39 is 12.5 Å². The number of ether oxygens (including phenoxy) is 1. The van der Waals surface area contributed by atoms with Crippen molar-refractivity contribution in [3.63, 3.8) is 0 Å². The minimum atomic E-state index is -2.71. The first kappa shape index (κ1) is 23.7. The molecule has 1 atom stereocenters. The Balaban J connectivity index is 1.58. The van der Waals surface area contributed by atoms with Gasteiger partial charge < -0.3 is 14.2 Å². The number of hydrogen-bond acceptors (Lipinski definition) is 5. The van der Waals surface area contributed by atoms with Crippen molar-refractivity contribution in [1.82, 2.24) is 29.2 Å². The Bertz CT molecular complexity index is 1500. The molecule has 2 aliphatic heterocycles. The van der Waals surface area contributed by atoms with E-state index in [1.54, 1.807) is 36.1 Å². The van der Waals surface area contributed by atoms with Crippen molar-refractivity contribution in [2.75, 3.05) is 20.3 Å². The number of amides is 1. The summed E-state index contributed by atoms with van der Waals surface area (Å²) in [5.41, 5.74) is 3.59. The SMILES string of the molecule is C[C@H]1C(=O)N(C)Cc2c(-c3cccc4nc(-c5cnn(C)c5)c(C(F)F)cc34)nc(C3CCOCC3)n21. The smallest absolute Gasteiger partial charge is 0.265 e. The Labute approximate surface area is 212 Å². The number of fused-ring (bicyclic) bond motifs is 2. The first-order valence-corrected chi connectivity index (χ1v) is 12.5. The number of benzene rings is 1. The van der Waals surface area contributed by atoms with Gasteiger partial charge in [0.05, 0.1) is 35.3 Å². The third kappa shape index (κ3) is 3.90. The van der Waals surface area contributed by atoms with Crippen LogP contribution in [-0.2, 0) is 23.1 Å². The predicted molar refractivity (Wildman–Crippen MR) is 134 cm³/mol. The molecular weight excluding hydrogens is 478 g/mol. The summed E-state index contributed by atoms with van der Waals surface area (Å²) in [4.78, 5) is 24.4. The molecule has 192 valence electrons. The fraction of sp³-hybridized carbons (Fsp3) is 0.407. The van der Waals surface area contributed by atoms with Crippen LogP contribution < -0.4 is 0 Å². The second-order valence-electron chi connectivity index (χ2n) is 9.89. The lowest BCUT2D eigenvalue weighted by Gasteiger charge is -2.32. The van der Waals surface area contributed by atoms with Gasteiger partial charge in [0.25, 0.3) is 6.43 Å². The second-order valence-corrected chi connectivity index (χ2v) is 9.89. The predicted octanol–water partition coefficient (Wildman–Crippen LogP) is 4.86. The standard InChI is InChI=1S/C27H28F2N6O2/c1-15-27(36)33(2)14-22-24(32-26(35(15)22)16-7-9-37-10-8-16)18-5-4-6-21-19(18)11-20(25(28)29)23(31-21)17-12-30-34(3)13-17/h4-6,11-13,15-16,25H,7-10,14H2,1-3H3/t15-/m0/s1. The van der Waals surface area contributed by atoms with Gasteiger partial charge in [0.1, 0.15) is 11.9 Å². The summed E-state index contributed by atoms with van der Waals surface area (Å²) in [5.74, 6) is 1.07. The molecule has 1 saturated heterocycles. The topological polar surface area (TPSA) is 78.1 Å². The molecule has 1 fully saturated rings. The summed E-state index contributed by atoms with van der Waals surface area (Å²) >= 11 is 0. The number of aromatic nitrogens is 5. The third-order valence-electron chi connectivity index (χ3n) is 7.49. The van der Waals surface area contributed by atoms with Gasteiger partial charge in [0, 0.05) is 61.5 Å². The van der Waals surface area contributed by atoms with Crippen LogP contribution in [0.2, 0.25) is 0 Å². The number of nitrogens with zero attached hydrogens (tertiary/aromatic N) is 6. The van der Waals surface area contributed by atoms with Crippen molar-refractivity contribution >= 4 is 16.8 Å². The van der Waals surface area contributed by atoms with E-state index in [9.17, 15) is 13.6 Å². The van der Waals surface area contributed by atoms with Crippen molar-refractivity contribution in [1.29, 1.82) is 0 Å². The van der Waals surface area contributed by atoms with Gasteiger partial charge in [-0.1, -0.05) is 12.1 Å². The maximum Gasteiger partial charge on any atom is 0.265 e. The van der Waals surface area contributed by atoms with E-state index in [-0.39, 0.29) is 23.1 Å². The molecule has 6 rings (SSSR count). The Morgan fingerprint density at radius 1 is 1.11 bits per heavy atom. The van der Waals surface area contributed by atoms with Crippen molar-refractivity contribution in [3.8, 4) is 22.5 Å². The molecule has 0 aliphatic carbocycles. The van der Waals surface area contributed by atoms with E-state index in [0.717, 1.165) is 35.6 Å². The van der Waals surface area contributed by atoms with Crippen molar-refractivity contribution in [3.05, 3.63) is 53.7 Å². The van der Waals surface area contributed by atoms with Crippen LogP contribution >= 0.6 is 0 Å². The molecule has 0 spiro atoms. The largest absolute Gasteiger partial charge is 0.381 e. The molecule has 0 radical (unpaired) electrons. The second kappa shape index (κ2) is 9.02. The molecule has 0 bridgehead atoms. The number of hydrogen-bond donors (Lipinski definition) is 0. The highest BCUT2D eigenvalue weighted by atomic mass is 19.3. The number of pyridine rings is 1. The number of alkyl halides is 2. The zero-order valence-electron chi connectivity index (χ0n) is 21.0. The fourth-order valence-corrected chi connectivity index (χ4v) is 5.62. The van der Waals surface area contributed by atoms with Crippen LogP contribution in [0.4, 0.5) is 8.78 Å². The Morgan fingerprint density at radius 2 is 1.89 bits per heavy atom. The number of likely N-dealkylation sites (N-methyl/N-ethyl adjacent to an activating group) is 1. The van der Waals surface area contributed by atoms with Crippen LogP contribution in [0.5, 0.6) is 0 Å². The number of rotatable bonds is 4. The summed E-state index contributed by atoms with van der Waals surface area (Å²) in [6.07, 6.45) is 2.17. The van der Waals surface area contributed by atoms with Crippen LogP contribution in [0.25, 0.3) is 33.4 Å². The number of imidazole rings is 1. The number of carbonyl (C=O) groups is 1. The summed E-state index contributed by atoms with van der Waals surface area (Å²) < 4.78 is 37.8. The lowest BCUT2D eigenvalue weighted by molar-refractivity contribution is -0.135. The minimum Gasteiger partial charge on any atom is -0.381 e. The normalized spacial score (nSPS) is 18.7. The fourth-order valence-electron chi connectivity index (χ4n) is 5.62. The van der Waals surface area contributed by atoms with E-state index in [0.29, 0.717) is 36.2 Å². The van der Waals surface area contributed by atoms with Crippen LogP contribution in [0.1, 0.15) is 55.2 Å². The number of halogens is 2. The highest BCUT2D eigenvalue weighted by molar-refractivity contribution is 5.96. The number of carbonyl (C=O) groups excluding carboxylic acids is 1. The van der Waals surface area contributed by atoms with Gasteiger partial charge in [0.2, 0.25) is 5.91 Å². The van der Waals surface area contributed by atoms with Crippen molar-refractivity contribution in [2.24, 2.45) is 7.05 Å². The Morgan fingerprint density at radius 3 is 2.59 bits per heavy atom. The van der Waals surface area contributed by atoms with Gasteiger partial charge in [-0.25, -0.2) is 18.7 Å². The molecule has 2 aliphatic rings. The van der Waals surface area contributed by atoms with Crippen molar-refractivity contribution < 1.29 is 18.3 Å². The molecule has 3 aromatic heterocycles. The zero-order chi connectivity index (χ0) is 25.8. The molecule has 1 aromatic carbocycles. The lowest BCUT2D eigenvalue weighted by Crippen LogP contribution is -2.40. The molecule has 0 saturated carbocycles. The molecule has 1 amide bonds. The van der Waals surface area contributed by atoms with Gasteiger partial charge >= 0.3 is 0 Å². The van der Waals surface area contributed by atoms with Gasteiger partial charge in [-0.15, -0.1) is 0 Å². The molecule has 8 nitrogen and oxygen atoms in total. The van der Waals surface area contributed by atoms with E-state index in [4.69, 9.17) is 9.72 Å². The highest BCUT2D eigenvalue weighted by Gasteiger charge is 2.36. The average Bonchev–Trinajstić information content (AvgIpc) is 3.50. The summed E-state index contributed by atoms with van der Waals surface area (Å²) in [7, 11) is 3.53. The van der Waals surface area contributed by atoms with Crippen molar-refractivity contribution in [2.45, 2.75) is 44.7 Å². The van der Waals surface area contributed by atoms with Gasteiger partial charge in [-0.3, -0.25) is 9.48 Å². The molecule has 10 heteroatoms. The Hall–Kier alpha value is -3.66. The maximum atomic E-state index is 14.3. The zero-order valence-corrected chi connectivity index (χ0v) is 21.0. The van der Waals surface area contributed by atoms with Gasteiger partial charge in [0.15, 0.2) is 0 Å². The van der Waals surface area contributed by atoms with Crippen LogP contribution in [-0.4, -0.2) is 55.4 Å². The summed E-state index contributed by atoms with van der Waals surface area (Å²) in [5, 5.41) is 4.74. The van der Waals surface area contributed by atoms with E-state index in [1.807, 2.05) is 25.1 Å². The number of aryl methyl sites for hydroxylation is 1. The first-order valence-electron chi connectivity index (χ1n) is 12.5. The quantitative estimate of drug-likeness (QED) is 0.395. The molecule has 37 heavy (non-hydrogen) atoms. The first-order chi connectivity index (χ1) is 17.8. The lowest BCUT2D eigenvalue weighted by atomic mass is 9.98. The average molecular weight is 507 g/mol. The third-order valence-corrected chi connectivity index (χ3v) is 7.49. The molecule has 0 unspecified atom stereocenters. The van der Waals surface area contributed by atoms with Gasteiger partial charge in [-0.2, -0.15) is 5.10 Å². The molecular formula is C27H28F2N6O2. The summed E-state index contributed by atoms with van der Waals surface area (Å²) in [6, 6.07) is 6.75. The minimum absolute atomic E-state index is 0.0328. The van der Waals surface area contributed by atoms with Gasteiger partial charge in [-0.05, 0) is 31.9 Å².